The van der Waals surface area contributed by atoms with E-state index in [2.05, 4.69) is 4.98 Å². The van der Waals surface area contributed by atoms with Crippen LogP contribution in [0.15, 0.2) is 41.4 Å². The van der Waals surface area contributed by atoms with E-state index in [0.29, 0.717) is 11.5 Å². The van der Waals surface area contributed by atoms with Crippen molar-refractivity contribution in [3.63, 3.8) is 0 Å². The lowest BCUT2D eigenvalue weighted by molar-refractivity contribution is 0.675. The Morgan fingerprint density at radius 2 is 2.24 bits per heavy atom. The van der Waals surface area contributed by atoms with Crippen molar-refractivity contribution in [2.75, 3.05) is 0 Å². The van der Waals surface area contributed by atoms with Crippen molar-refractivity contribution in [1.82, 2.24) is 14.0 Å². The van der Waals surface area contributed by atoms with Gasteiger partial charge in [0.15, 0.2) is 0 Å². The monoisotopic (exact) mass is 228 g/mol. The third kappa shape index (κ3) is 1.36. The van der Waals surface area contributed by atoms with Gasteiger partial charge in [-0.05, 0) is 31.2 Å². The Kier molecular flexibility index (Phi) is 2.02. The summed E-state index contributed by atoms with van der Waals surface area (Å²) in [6.07, 6.45) is 7.32. The molecule has 1 aliphatic rings. The van der Waals surface area contributed by atoms with E-state index in [1.165, 1.54) is 4.40 Å². The molecule has 3 rings (SSSR count). The summed E-state index contributed by atoms with van der Waals surface area (Å²) in [4.78, 5) is 16.7. The molecule has 0 spiro atoms. The van der Waals surface area contributed by atoms with Gasteiger partial charge < -0.3 is 5.73 Å². The van der Waals surface area contributed by atoms with Crippen molar-refractivity contribution in [1.29, 1.82) is 0 Å². The highest BCUT2D eigenvalue weighted by Crippen LogP contribution is 2.17. The van der Waals surface area contributed by atoms with Crippen molar-refractivity contribution in [2.24, 2.45) is 5.73 Å². The second kappa shape index (κ2) is 3.43. The Labute approximate surface area is 97.5 Å². The van der Waals surface area contributed by atoms with Crippen molar-refractivity contribution in [3.8, 4) is 0 Å². The lowest BCUT2D eigenvalue weighted by atomic mass is 10.2. The predicted octanol–water partition coefficient (Wildman–Crippen LogP) is 0.926. The summed E-state index contributed by atoms with van der Waals surface area (Å²) in [7, 11) is 0. The number of hydrogen-bond acceptors (Lipinski definition) is 3. The molecular formula is C12H12N4O. The SMILES string of the molecule is CC(N)c1nc2cccn2c(=O)n1C1=CC=C1. The maximum absolute atomic E-state index is 12.3. The largest absolute Gasteiger partial charge is 0.339 e. The number of rotatable bonds is 2. The average Bonchev–Trinajstić information content (AvgIpc) is 2.66. The molecule has 0 fully saturated rings. The number of fused-ring (bicyclic) bond motifs is 1. The molecule has 86 valence electrons. The zero-order chi connectivity index (χ0) is 12.0. The van der Waals surface area contributed by atoms with Gasteiger partial charge >= 0.3 is 5.69 Å². The van der Waals surface area contributed by atoms with Crippen molar-refractivity contribution in [2.45, 2.75) is 13.0 Å². The first-order valence-electron chi connectivity index (χ1n) is 5.43. The van der Waals surface area contributed by atoms with Crippen LogP contribution in [0.2, 0.25) is 0 Å². The molecule has 1 unspecified atom stereocenters. The Balaban J connectivity index is 2.39. The highest BCUT2D eigenvalue weighted by Gasteiger charge is 2.16. The number of nitrogens with two attached hydrogens (primary N) is 1. The fourth-order valence-corrected chi connectivity index (χ4v) is 1.88. The van der Waals surface area contributed by atoms with Gasteiger partial charge in [0.2, 0.25) is 0 Å². The van der Waals surface area contributed by atoms with Crippen LogP contribution < -0.4 is 11.4 Å². The van der Waals surface area contributed by atoms with Gasteiger partial charge in [-0.2, -0.15) is 0 Å². The molecular weight excluding hydrogens is 216 g/mol. The van der Waals surface area contributed by atoms with E-state index in [-0.39, 0.29) is 11.7 Å². The van der Waals surface area contributed by atoms with Gasteiger partial charge in [0, 0.05) is 6.20 Å². The smallest absolute Gasteiger partial charge is 0.322 e. The van der Waals surface area contributed by atoms with Crippen LogP contribution in [0.3, 0.4) is 0 Å². The number of nitrogens with zero attached hydrogens (tertiary/aromatic N) is 3. The van der Waals surface area contributed by atoms with E-state index >= 15 is 0 Å². The molecule has 0 radical (unpaired) electrons. The Hall–Kier alpha value is -2.14. The van der Waals surface area contributed by atoms with Crippen LogP contribution >= 0.6 is 0 Å². The van der Waals surface area contributed by atoms with Crippen molar-refractivity contribution >= 4 is 11.3 Å². The standard InChI is InChI=1S/C12H12N4O/c1-8(13)11-14-10-6-3-7-15(10)12(17)16(11)9-4-2-5-9/h2-8H,13H2,1H3. The van der Waals surface area contributed by atoms with Crippen LogP contribution in [-0.2, 0) is 0 Å². The minimum Gasteiger partial charge on any atom is -0.322 e. The molecule has 1 atom stereocenters. The quantitative estimate of drug-likeness (QED) is 0.831. The maximum Gasteiger partial charge on any atom is 0.339 e. The van der Waals surface area contributed by atoms with Crippen LogP contribution in [0.4, 0.5) is 0 Å². The first-order chi connectivity index (χ1) is 8.18. The lowest BCUT2D eigenvalue weighted by Crippen LogP contribution is -2.32. The third-order valence-corrected chi connectivity index (χ3v) is 2.78. The summed E-state index contributed by atoms with van der Waals surface area (Å²) >= 11 is 0. The minimum atomic E-state index is -0.294. The molecule has 2 N–H and O–H groups in total. The molecule has 17 heavy (non-hydrogen) atoms. The minimum absolute atomic E-state index is 0.136. The molecule has 0 aromatic carbocycles. The highest BCUT2D eigenvalue weighted by molar-refractivity contribution is 5.67. The summed E-state index contributed by atoms with van der Waals surface area (Å²) in [5, 5.41) is 0. The fraction of sp³-hybridized carbons (Fsp3) is 0.167. The first kappa shape index (κ1) is 10.0. The van der Waals surface area contributed by atoms with E-state index in [4.69, 9.17) is 5.73 Å². The summed E-state index contributed by atoms with van der Waals surface area (Å²) in [5.41, 5.74) is 7.19. The lowest BCUT2D eigenvalue weighted by Gasteiger charge is -2.17. The van der Waals surface area contributed by atoms with Crippen LogP contribution in [0.1, 0.15) is 18.8 Å². The summed E-state index contributed by atoms with van der Waals surface area (Å²) in [6, 6.07) is 3.30. The Bertz CT molecular complexity index is 703. The number of allylic oxidation sites excluding steroid dienone is 4. The van der Waals surface area contributed by atoms with Crippen LogP contribution in [-0.4, -0.2) is 14.0 Å². The molecule has 0 aliphatic heterocycles. The molecule has 2 aromatic heterocycles. The first-order valence-corrected chi connectivity index (χ1v) is 5.43. The Morgan fingerprint density at radius 1 is 1.47 bits per heavy atom. The second-order valence-electron chi connectivity index (χ2n) is 4.06. The number of aromatic nitrogens is 3. The van der Waals surface area contributed by atoms with E-state index in [9.17, 15) is 4.79 Å². The number of hydrogen-bond donors (Lipinski definition) is 1. The van der Waals surface area contributed by atoms with E-state index in [1.54, 1.807) is 22.9 Å². The van der Waals surface area contributed by atoms with Crippen LogP contribution in [0.25, 0.3) is 11.3 Å². The van der Waals surface area contributed by atoms with Crippen molar-refractivity contribution in [3.05, 3.63) is 52.9 Å². The zero-order valence-corrected chi connectivity index (χ0v) is 9.37. The van der Waals surface area contributed by atoms with Gasteiger partial charge in [-0.3, -0.25) is 4.40 Å². The Morgan fingerprint density at radius 3 is 2.82 bits per heavy atom. The average molecular weight is 228 g/mol. The predicted molar refractivity (Wildman–Crippen MR) is 65.5 cm³/mol. The van der Waals surface area contributed by atoms with Gasteiger partial charge in [0.05, 0.1) is 11.7 Å². The molecule has 2 aromatic rings. The van der Waals surface area contributed by atoms with Gasteiger partial charge in [-0.25, -0.2) is 14.3 Å². The normalized spacial score (nSPS) is 15.8. The van der Waals surface area contributed by atoms with Crippen LogP contribution in [0, 0.1) is 0 Å². The van der Waals surface area contributed by atoms with Crippen molar-refractivity contribution < 1.29 is 0 Å². The topological polar surface area (TPSA) is 65.3 Å². The van der Waals surface area contributed by atoms with Gasteiger partial charge in [0.1, 0.15) is 11.5 Å². The molecule has 0 saturated carbocycles. The molecule has 5 heteroatoms. The van der Waals surface area contributed by atoms with Gasteiger partial charge in [-0.15, -0.1) is 0 Å². The third-order valence-electron chi connectivity index (χ3n) is 2.78. The molecule has 0 bridgehead atoms. The fourth-order valence-electron chi connectivity index (χ4n) is 1.88. The van der Waals surface area contributed by atoms with E-state index in [0.717, 1.165) is 5.70 Å². The van der Waals surface area contributed by atoms with E-state index in [1.807, 2.05) is 25.2 Å². The summed E-state index contributed by atoms with van der Waals surface area (Å²) in [6.45, 7) is 1.82. The summed E-state index contributed by atoms with van der Waals surface area (Å²) < 4.78 is 3.07. The summed E-state index contributed by atoms with van der Waals surface area (Å²) in [5.74, 6) is 0.580. The van der Waals surface area contributed by atoms with Gasteiger partial charge in [0.25, 0.3) is 0 Å². The van der Waals surface area contributed by atoms with E-state index < -0.39 is 0 Å². The van der Waals surface area contributed by atoms with Gasteiger partial charge in [-0.1, -0.05) is 6.08 Å². The second-order valence-corrected chi connectivity index (χ2v) is 4.06. The van der Waals surface area contributed by atoms with Crippen LogP contribution in [0.5, 0.6) is 0 Å². The molecule has 5 nitrogen and oxygen atoms in total. The molecule has 0 amide bonds. The zero-order valence-electron chi connectivity index (χ0n) is 9.37. The molecule has 1 aliphatic carbocycles. The highest BCUT2D eigenvalue weighted by atomic mass is 16.1. The molecule has 2 heterocycles. The molecule has 0 saturated heterocycles. The maximum atomic E-state index is 12.3.